The number of hydrogen-bond acceptors (Lipinski definition) is 13. The summed E-state index contributed by atoms with van der Waals surface area (Å²) in [6, 6.07) is 0.448. The number of phenols is 1. The smallest absolute Gasteiger partial charge is 0.375 e. The van der Waals surface area contributed by atoms with E-state index in [-0.39, 0.29) is 24.7 Å². The maximum atomic E-state index is 13.0. The van der Waals surface area contributed by atoms with Gasteiger partial charge in [0, 0.05) is 41.6 Å². The Morgan fingerprint density at radius 3 is 2.70 bits per heavy atom. The summed E-state index contributed by atoms with van der Waals surface area (Å²) in [5.41, 5.74) is 3.03. The minimum absolute atomic E-state index is 0.0115. The van der Waals surface area contributed by atoms with E-state index in [2.05, 4.69) is 5.32 Å². The third-order valence-corrected chi connectivity index (χ3v) is 11.0. The lowest BCUT2D eigenvalue weighted by molar-refractivity contribution is -0.163. The lowest BCUT2D eigenvalue weighted by Gasteiger charge is -2.59. The predicted molar refractivity (Wildman–Crippen MR) is 149 cm³/mol. The first-order valence-corrected chi connectivity index (χ1v) is 15.3. The minimum Gasteiger partial charge on any atom is -0.504 e. The molecular weight excluding hydrogens is 580 g/mol. The number of ether oxygens (including phenoxy) is 5. The van der Waals surface area contributed by atoms with Crippen molar-refractivity contribution in [1.82, 2.24) is 10.2 Å². The zero-order valence-electron chi connectivity index (χ0n) is 23.9. The van der Waals surface area contributed by atoms with Crippen LogP contribution in [0.15, 0.2) is 6.07 Å². The maximum Gasteiger partial charge on any atom is 0.375 e. The Kier molecular flexibility index (Phi) is 5.67. The largest absolute Gasteiger partial charge is 0.504 e. The van der Waals surface area contributed by atoms with Gasteiger partial charge in [-0.05, 0) is 31.4 Å². The highest BCUT2D eigenvalue weighted by atomic mass is 32.2. The van der Waals surface area contributed by atoms with Gasteiger partial charge in [0.25, 0.3) is 0 Å². The molecule has 0 radical (unpaired) electrons. The van der Waals surface area contributed by atoms with Crippen LogP contribution in [0.2, 0.25) is 0 Å². The lowest BCUT2D eigenvalue weighted by atomic mass is 9.73. The Labute approximate surface area is 250 Å². The van der Waals surface area contributed by atoms with E-state index < -0.39 is 59.0 Å². The number of aryl methyl sites for hydroxylation is 1. The van der Waals surface area contributed by atoms with E-state index in [0.717, 1.165) is 11.1 Å². The maximum absolute atomic E-state index is 13.0. The van der Waals surface area contributed by atoms with Gasteiger partial charge in [-0.2, -0.15) is 0 Å². The molecule has 5 aliphatic heterocycles. The molecule has 3 N–H and O–H groups in total. The molecule has 1 saturated carbocycles. The summed E-state index contributed by atoms with van der Waals surface area (Å²) in [6.45, 7) is 4.91. The van der Waals surface area contributed by atoms with Gasteiger partial charge in [-0.15, -0.1) is 11.8 Å². The van der Waals surface area contributed by atoms with E-state index in [1.54, 1.807) is 6.92 Å². The van der Waals surface area contributed by atoms with Crippen molar-refractivity contribution >= 4 is 29.5 Å². The summed E-state index contributed by atoms with van der Waals surface area (Å²) in [5, 5.41) is 26.7. The minimum atomic E-state index is -1.11. The standard InChI is InChI=1S/C30H30N2O10S/c1-10-5-13-6-14-28(36)32-21(20(31-14)17(13)22(35)23(10)38-4)27-18-19(30(32)7-16(30)42-29(37)15(34)8-43-27)26-25(39-9-40-26)11(2)24(18)41-12(3)33/h5,14,16,20-21,27-28,31,35-36H,6-9H2,1-4H3/t14?,16-,20?,21?,27-,28+,30?/m1/s1. The molecule has 1 aliphatic carbocycles. The molecule has 2 aromatic rings. The van der Waals surface area contributed by atoms with Crippen LogP contribution >= 0.6 is 11.8 Å². The molecule has 12 nitrogen and oxygen atoms in total. The van der Waals surface area contributed by atoms with Gasteiger partial charge in [0.15, 0.2) is 23.0 Å². The zero-order chi connectivity index (χ0) is 30.1. The van der Waals surface area contributed by atoms with E-state index in [1.807, 2.05) is 17.9 Å². The molecule has 2 aromatic carbocycles. The number of ketones is 1. The average Bonchev–Trinajstić information content (AvgIpc) is 3.41. The summed E-state index contributed by atoms with van der Waals surface area (Å²) in [7, 11) is 1.51. The quantitative estimate of drug-likeness (QED) is 0.258. The van der Waals surface area contributed by atoms with Gasteiger partial charge < -0.3 is 39.2 Å². The first-order chi connectivity index (χ1) is 20.6. The van der Waals surface area contributed by atoms with Gasteiger partial charge in [0.2, 0.25) is 12.6 Å². The van der Waals surface area contributed by atoms with Gasteiger partial charge in [-0.25, -0.2) is 4.79 Å². The third kappa shape index (κ3) is 3.41. The molecular formula is C30H30N2O10S. The predicted octanol–water partition coefficient (Wildman–Crippen LogP) is 1.81. The molecule has 6 aliphatic rings. The monoisotopic (exact) mass is 610 g/mol. The number of thioether (sulfide) groups is 1. The number of carbonyl (C=O) groups excluding carboxylic acids is 3. The van der Waals surface area contributed by atoms with Gasteiger partial charge in [0.05, 0.1) is 35.7 Å². The first kappa shape index (κ1) is 27.1. The van der Waals surface area contributed by atoms with Crippen LogP contribution in [0.25, 0.3) is 0 Å². The second-order valence-corrected chi connectivity index (χ2v) is 13.1. The summed E-state index contributed by atoms with van der Waals surface area (Å²) in [6.07, 6.45) is -1.12. The number of methoxy groups -OCH3 is 1. The number of phenolic OH excluding ortho intramolecular Hbond substituents is 1. The van der Waals surface area contributed by atoms with Crippen LogP contribution in [0.4, 0.5) is 0 Å². The van der Waals surface area contributed by atoms with Crippen LogP contribution in [0.3, 0.4) is 0 Å². The number of nitrogens with one attached hydrogen (secondary N) is 1. The van der Waals surface area contributed by atoms with Gasteiger partial charge in [-0.3, -0.25) is 14.5 Å². The van der Waals surface area contributed by atoms with Crippen molar-refractivity contribution in [2.45, 2.75) is 74.9 Å². The van der Waals surface area contributed by atoms with Crippen molar-refractivity contribution in [1.29, 1.82) is 0 Å². The highest BCUT2D eigenvalue weighted by Crippen LogP contribution is 2.70. The van der Waals surface area contributed by atoms with Crippen molar-refractivity contribution in [3.8, 4) is 28.7 Å². The Bertz CT molecular complexity index is 1660. The second kappa shape index (κ2) is 9.00. The van der Waals surface area contributed by atoms with Gasteiger partial charge >= 0.3 is 11.9 Å². The van der Waals surface area contributed by atoms with E-state index in [1.165, 1.54) is 25.8 Å². The number of Topliss-reactive ketones (excluding diaryl/α,β-unsaturated/α-hetero) is 1. The molecule has 8 rings (SSSR count). The molecule has 2 saturated heterocycles. The highest BCUT2D eigenvalue weighted by Gasteiger charge is 2.74. The summed E-state index contributed by atoms with van der Waals surface area (Å²) in [4.78, 5) is 40.3. The number of carbonyl (C=O) groups is 3. The topological polar surface area (TPSA) is 153 Å². The number of nitrogens with zero attached hydrogens (tertiary/aromatic N) is 1. The molecule has 0 aromatic heterocycles. The molecule has 0 amide bonds. The molecule has 3 fully saturated rings. The van der Waals surface area contributed by atoms with Crippen LogP contribution in [0.1, 0.15) is 58.0 Å². The van der Waals surface area contributed by atoms with Crippen LogP contribution in [-0.2, 0) is 31.1 Å². The lowest BCUT2D eigenvalue weighted by Crippen LogP contribution is -2.71. The summed E-state index contributed by atoms with van der Waals surface area (Å²) in [5.74, 6) is -0.787. The van der Waals surface area contributed by atoms with Crippen LogP contribution in [0, 0.1) is 13.8 Å². The molecule has 7 atom stereocenters. The molecule has 226 valence electrons. The number of esters is 2. The van der Waals surface area contributed by atoms with Crippen LogP contribution in [0.5, 0.6) is 28.7 Å². The number of piperazine rings is 1. The molecule has 43 heavy (non-hydrogen) atoms. The first-order valence-electron chi connectivity index (χ1n) is 14.2. The number of aliphatic hydroxyl groups is 1. The van der Waals surface area contributed by atoms with E-state index in [0.29, 0.717) is 51.7 Å². The summed E-state index contributed by atoms with van der Waals surface area (Å²) >= 11 is 1.21. The molecule has 13 heteroatoms. The Balaban J connectivity index is 1.45. The number of rotatable bonds is 2. The fourth-order valence-corrected chi connectivity index (χ4v) is 9.45. The molecule has 4 bridgehead atoms. The van der Waals surface area contributed by atoms with Crippen molar-refractivity contribution in [3.63, 3.8) is 0 Å². The number of hydrogen-bond donors (Lipinski definition) is 3. The van der Waals surface area contributed by atoms with E-state index in [4.69, 9.17) is 23.7 Å². The Morgan fingerprint density at radius 2 is 1.95 bits per heavy atom. The van der Waals surface area contributed by atoms with Crippen LogP contribution < -0.4 is 24.3 Å². The average molecular weight is 611 g/mol. The normalized spacial score (nSPS) is 33.0. The van der Waals surface area contributed by atoms with Gasteiger partial charge in [0.1, 0.15) is 18.1 Å². The Hall–Kier alpha value is -3.52. The Morgan fingerprint density at radius 1 is 1.19 bits per heavy atom. The fraction of sp³-hybridized carbons (Fsp3) is 0.500. The van der Waals surface area contributed by atoms with E-state index >= 15 is 0 Å². The van der Waals surface area contributed by atoms with Crippen molar-refractivity contribution in [2.24, 2.45) is 0 Å². The molecule has 5 heterocycles. The second-order valence-electron chi connectivity index (χ2n) is 12.0. The molecule has 1 spiro atoms. The third-order valence-electron chi connectivity index (χ3n) is 9.73. The SMILES string of the molecule is COc1c(C)cc2c(c1O)C1NC(C2)[C@H](O)N2C1[C@@H]1SCC(=O)C(=O)O[C@@H]3CC32c2c3c(c(C)c(OC(C)=O)c21)OCO3. The number of fused-ring (bicyclic) bond motifs is 8. The van der Waals surface area contributed by atoms with Crippen molar-refractivity contribution in [3.05, 3.63) is 39.4 Å². The van der Waals surface area contributed by atoms with Crippen molar-refractivity contribution < 1.29 is 48.3 Å². The number of aliphatic hydroxyl groups excluding tert-OH is 1. The van der Waals surface area contributed by atoms with Gasteiger partial charge in [-0.1, -0.05) is 6.07 Å². The fourth-order valence-electron chi connectivity index (χ4n) is 8.12. The molecule has 4 unspecified atom stereocenters. The zero-order valence-corrected chi connectivity index (χ0v) is 24.7. The number of benzene rings is 2. The number of aromatic hydroxyl groups is 1. The van der Waals surface area contributed by atoms with Crippen molar-refractivity contribution in [2.75, 3.05) is 19.7 Å². The highest BCUT2D eigenvalue weighted by molar-refractivity contribution is 8.00. The van der Waals surface area contributed by atoms with E-state index in [9.17, 15) is 24.6 Å². The van der Waals surface area contributed by atoms with Crippen LogP contribution in [-0.4, -0.2) is 76.9 Å². The summed E-state index contributed by atoms with van der Waals surface area (Å²) < 4.78 is 29.2.